The van der Waals surface area contributed by atoms with Crippen LogP contribution in [0.5, 0.6) is 0 Å². The van der Waals surface area contributed by atoms with E-state index in [4.69, 9.17) is 5.11 Å². The summed E-state index contributed by atoms with van der Waals surface area (Å²) < 4.78 is 14.8. The van der Waals surface area contributed by atoms with Crippen LogP contribution < -0.4 is 0 Å². The number of halogens is 2. The summed E-state index contributed by atoms with van der Waals surface area (Å²) in [5.41, 5.74) is 1.06. The molecule has 0 bridgehead atoms. The molecule has 1 heterocycles. The van der Waals surface area contributed by atoms with Gasteiger partial charge in [-0.1, -0.05) is 12.1 Å². The highest BCUT2D eigenvalue weighted by Gasteiger charge is 2.06. The van der Waals surface area contributed by atoms with Crippen LogP contribution in [0.2, 0.25) is 0 Å². The maximum absolute atomic E-state index is 14.0. The SMILES string of the molecule is O=C(O)C=Cc1ccc(CSc2ncccc2Br)c(F)c1. The number of benzene rings is 1. The highest BCUT2D eigenvalue weighted by molar-refractivity contribution is 9.10. The number of carboxylic acid groups (broad SMARTS) is 1. The van der Waals surface area contributed by atoms with Gasteiger partial charge in [-0.3, -0.25) is 0 Å². The first-order valence-corrected chi connectivity index (χ1v) is 7.77. The molecule has 2 aromatic rings. The lowest BCUT2D eigenvalue weighted by atomic mass is 10.1. The van der Waals surface area contributed by atoms with Gasteiger partial charge in [-0.05, 0) is 51.3 Å². The lowest BCUT2D eigenvalue weighted by molar-refractivity contribution is -0.131. The van der Waals surface area contributed by atoms with Gasteiger partial charge in [-0.25, -0.2) is 14.2 Å². The fourth-order valence-electron chi connectivity index (χ4n) is 1.58. The predicted molar refractivity (Wildman–Crippen MR) is 84.6 cm³/mol. The number of carboxylic acids is 1. The first-order valence-electron chi connectivity index (χ1n) is 5.99. The third kappa shape index (κ3) is 4.68. The number of thioether (sulfide) groups is 1. The molecular weight excluding hydrogens is 357 g/mol. The summed E-state index contributed by atoms with van der Waals surface area (Å²) in [4.78, 5) is 14.6. The molecule has 0 radical (unpaired) electrons. The van der Waals surface area contributed by atoms with Crippen molar-refractivity contribution in [3.8, 4) is 0 Å². The molecule has 0 fully saturated rings. The average molecular weight is 368 g/mol. The summed E-state index contributed by atoms with van der Waals surface area (Å²) in [5.74, 6) is -0.971. The molecule has 21 heavy (non-hydrogen) atoms. The second-order valence-electron chi connectivity index (χ2n) is 4.10. The summed E-state index contributed by atoms with van der Waals surface area (Å²) in [6, 6.07) is 8.36. The van der Waals surface area contributed by atoms with Gasteiger partial charge in [0.05, 0.1) is 0 Å². The minimum absolute atomic E-state index is 0.359. The fourth-order valence-corrected chi connectivity index (χ4v) is 3.04. The van der Waals surface area contributed by atoms with E-state index in [1.807, 2.05) is 12.1 Å². The highest BCUT2D eigenvalue weighted by atomic mass is 79.9. The summed E-state index contributed by atoms with van der Waals surface area (Å²) >= 11 is 4.82. The molecule has 0 aliphatic heterocycles. The molecular formula is C15H11BrFNO2S. The molecule has 0 saturated heterocycles. The fraction of sp³-hybridized carbons (Fsp3) is 0.0667. The maximum atomic E-state index is 14.0. The molecule has 6 heteroatoms. The van der Waals surface area contributed by atoms with E-state index in [9.17, 15) is 9.18 Å². The summed E-state index contributed by atoms with van der Waals surface area (Å²) in [7, 11) is 0. The van der Waals surface area contributed by atoms with Crippen molar-refractivity contribution in [3.05, 3.63) is 64.0 Å². The first-order chi connectivity index (χ1) is 10.1. The smallest absolute Gasteiger partial charge is 0.328 e. The summed E-state index contributed by atoms with van der Waals surface area (Å²) in [5, 5.41) is 9.34. The van der Waals surface area contributed by atoms with Crippen LogP contribution in [0, 0.1) is 5.82 Å². The Bertz CT molecular complexity index is 691. The molecule has 0 unspecified atom stereocenters. The van der Waals surface area contributed by atoms with Crippen molar-refractivity contribution in [2.75, 3.05) is 0 Å². The van der Waals surface area contributed by atoms with Gasteiger partial charge in [-0.2, -0.15) is 0 Å². The normalized spacial score (nSPS) is 11.0. The van der Waals surface area contributed by atoms with Gasteiger partial charge >= 0.3 is 5.97 Å². The Kier molecular flexibility index (Phi) is 5.52. The van der Waals surface area contributed by atoms with Gasteiger partial charge in [-0.15, -0.1) is 11.8 Å². The number of pyridine rings is 1. The number of hydrogen-bond donors (Lipinski definition) is 1. The van der Waals surface area contributed by atoms with Crippen LogP contribution in [0.1, 0.15) is 11.1 Å². The molecule has 0 spiro atoms. The van der Waals surface area contributed by atoms with E-state index in [0.717, 1.165) is 15.6 Å². The Morgan fingerprint density at radius 3 is 2.90 bits per heavy atom. The van der Waals surface area contributed by atoms with Crippen LogP contribution in [-0.4, -0.2) is 16.1 Å². The Balaban J connectivity index is 2.08. The van der Waals surface area contributed by atoms with Gasteiger partial charge in [0, 0.05) is 22.5 Å². The zero-order chi connectivity index (χ0) is 15.2. The molecule has 0 aliphatic rings. The quantitative estimate of drug-likeness (QED) is 0.629. The minimum Gasteiger partial charge on any atom is -0.478 e. The zero-order valence-corrected chi connectivity index (χ0v) is 13.2. The Morgan fingerprint density at radius 1 is 1.43 bits per heavy atom. The van der Waals surface area contributed by atoms with E-state index >= 15 is 0 Å². The van der Waals surface area contributed by atoms with Gasteiger partial charge in [0.15, 0.2) is 0 Å². The van der Waals surface area contributed by atoms with Crippen LogP contribution in [-0.2, 0) is 10.5 Å². The largest absolute Gasteiger partial charge is 0.478 e. The van der Waals surface area contributed by atoms with Crippen LogP contribution in [0.4, 0.5) is 4.39 Å². The molecule has 108 valence electrons. The lowest BCUT2D eigenvalue weighted by Crippen LogP contribution is -1.91. The number of nitrogens with zero attached hydrogens (tertiary/aromatic N) is 1. The van der Waals surface area contributed by atoms with Crippen molar-refractivity contribution in [3.63, 3.8) is 0 Å². The van der Waals surface area contributed by atoms with E-state index in [2.05, 4.69) is 20.9 Å². The number of carbonyl (C=O) groups is 1. The molecule has 1 aromatic carbocycles. The van der Waals surface area contributed by atoms with Gasteiger partial charge in [0.1, 0.15) is 10.8 Å². The maximum Gasteiger partial charge on any atom is 0.328 e. The van der Waals surface area contributed by atoms with Crippen molar-refractivity contribution in [1.82, 2.24) is 4.98 Å². The third-order valence-corrected chi connectivity index (χ3v) is 4.54. The first kappa shape index (κ1) is 15.7. The van der Waals surface area contributed by atoms with Crippen molar-refractivity contribution in [2.24, 2.45) is 0 Å². The van der Waals surface area contributed by atoms with E-state index in [1.54, 1.807) is 18.3 Å². The van der Waals surface area contributed by atoms with E-state index in [1.165, 1.54) is 23.9 Å². The number of aliphatic carboxylic acids is 1. The molecule has 0 aliphatic carbocycles. The monoisotopic (exact) mass is 367 g/mol. The molecule has 2 rings (SSSR count). The third-order valence-electron chi connectivity index (χ3n) is 2.58. The van der Waals surface area contributed by atoms with Crippen molar-refractivity contribution >= 4 is 39.7 Å². The van der Waals surface area contributed by atoms with E-state index < -0.39 is 5.97 Å². The van der Waals surface area contributed by atoms with Crippen LogP contribution in [0.15, 0.2) is 52.1 Å². The van der Waals surface area contributed by atoms with Gasteiger partial charge in [0.25, 0.3) is 0 Å². The van der Waals surface area contributed by atoms with Crippen molar-refractivity contribution in [2.45, 2.75) is 10.8 Å². The van der Waals surface area contributed by atoms with Crippen LogP contribution >= 0.6 is 27.7 Å². The Hall–Kier alpha value is -1.66. The standard InChI is InChI=1S/C15H11BrFNO2S/c16-12-2-1-7-18-15(12)21-9-11-5-3-10(8-13(11)17)4-6-14(19)20/h1-8H,9H2,(H,19,20). The number of aromatic nitrogens is 1. The number of hydrogen-bond acceptors (Lipinski definition) is 3. The zero-order valence-electron chi connectivity index (χ0n) is 10.8. The second-order valence-corrected chi connectivity index (χ2v) is 5.92. The second kappa shape index (κ2) is 7.38. The topological polar surface area (TPSA) is 50.2 Å². The molecule has 0 saturated carbocycles. The minimum atomic E-state index is -1.06. The lowest BCUT2D eigenvalue weighted by Gasteiger charge is -2.05. The Labute approximate surface area is 134 Å². The van der Waals surface area contributed by atoms with Crippen LogP contribution in [0.3, 0.4) is 0 Å². The highest BCUT2D eigenvalue weighted by Crippen LogP contribution is 2.28. The molecule has 0 amide bonds. The average Bonchev–Trinajstić information content (AvgIpc) is 2.45. The predicted octanol–water partition coefficient (Wildman–Crippen LogP) is 4.37. The number of rotatable bonds is 5. The Morgan fingerprint density at radius 2 is 2.24 bits per heavy atom. The van der Waals surface area contributed by atoms with E-state index in [-0.39, 0.29) is 5.82 Å². The molecule has 0 atom stereocenters. The van der Waals surface area contributed by atoms with Crippen LogP contribution in [0.25, 0.3) is 6.08 Å². The van der Waals surface area contributed by atoms with Gasteiger partial charge in [0.2, 0.25) is 0 Å². The molecule has 1 N–H and O–H groups in total. The summed E-state index contributed by atoms with van der Waals surface area (Å²) in [6.45, 7) is 0. The van der Waals surface area contributed by atoms with Gasteiger partial charge < -0.3 is 5.11 Å². The van der Waals surface area contributed by atoms with Crippen molar-refractivity contribution in [1.29, 1.82) is 0 Å². The summed E-state index contributed by atoms with van der Waals surface area (Å²) in [6.07, 6.45) is 4.02. The van der Waals surface area contributed by atoms with Crippen molar-refractivity contribution < 1.29 is 14.3 Å². The molecule has 1 aromatic heterocycles. The molecule has 3 nitrogen and oxygen atoms in total. The van der Waals surface area contributed by atoms with E-state index in [0.29, 0.717) is 16.9 Å².